The third-order valence-electron chi connectivity index (χ3n) is 3.63. The molecule has 0 spiro atoms. The molecule has 0 amide bonds. The summed E-state index contributed by atoms with van der Waals surface area (Å²) in [4.78, 5) is 0. The Balaban J connectivity index is 2.71. The van der Waals surface area contributed by atoms with Crippen LogP contribution >= 0.6 is 0 Å². The lowest BCUT2D eigenvalue weighted by Gasteiger charge is -2.21. The standard InChI is InChI=1S/C18H21OSi/c1-12(2)14-9-7-10-16(18(14)13(3)4)15-8-5-6-11-17(15)19-20/h5-13H,1-4H3. The minimum atomic E-state index is 0.478. The highest BCUT2D eigenvalue weighted by atomic mass is 28.2. The Hall–Kier alpha value is -1.54. The molecule has 0 saturated heterocycles. The molecule has 0 bridgehead atoms. The van der Waals surface area contributed by atoms with Crippen LogP contribution in [0, 0.1) is 0 Å². The largest absolute Gasteiger partial charge is 0.540 e. The SMILES string of the molecule is CC(C)c1cccc(-c2ccccc2O[Si])c1C(C)C. The van der Waals surface area contributed by atoms with Gasteiger partial charge in [0.05, 0.1) is 0 Å². The van der Waals surface area contributed by atoms with Gasteiger partial charge in [0.1, 0.15) is 5.75 Å². The van der Waals surface area contributed by atoms with Crippen LogP contribution in [0.3, 0.4) is 0 Å². The van der Waals surface area contributed by atoms with Gasteiger partial charge in [-0.25, -0.2) is 0 Å². The molecule has 0 aliphatic rings. The molecular weight excluding hydrogens is 260 g/mol. The summed E-state index contributed by atoms with van der Waals surface area (Å²) >= 11 is 0. The molecule has 0 fully saturated rings. The fourth-order valence-corrected chi connectivity index (χ4v) is 2.92. The van der Waals surface area contributed by atoms with Crippen molar-refractivity contribution < 1.29 is 4.43 Å². The number of benzene rings is 2. The maximum absolute atomic E-state index is 5.34. The van der Waals surface area contributed by atoms with Crippen molar-refractivity contribution in [3.05, 3.63) is 53.6 Å². The minimum Gasteiger partial charge on any atom is -0.540 e. The van der Waals surface area contributed by atoms with E-state index < -0.39 is 0 Å². The van der Waals surface area contributed by atoms with Gasteiger partial charge >= 0.3 is 10.5 Å². The zero-order chi connectivity index (χ0) is 14.7. The van der Waals surface area contributed by atoms with Gasteiger partial charge < -0.3 is 4.43 Å². The molecule has 0 atom stereocenters. The second-order valence-corrected chi connectivity index (χ2v) is 5.92. The zero-order valence-electron chi connectivity index (χ0n) is 12.6. The molecule has 2 rings (SSSR count). The van der Waals surface area contributed by atoms with Crippen molar-refractivity contribution in [2.45, 2.75) is 39.5 Å². The quantitative estimate of drug-likeness (QED) is 0.712. The van der Waals surface area contributed by atoms with Gasteiger partial charge in [0.2, 0.25) is 0 Å². The summed E-state index contributed by atoms with van der Waals surface area (Å²) in [5.41, 5.74) is 5.23. The van der Waals surface area contributed by atoms with Crippen LogP contribution in [0.1, 0.15) is 50.7 Å². The van der Waals surface area contributed by atoms with Crippen molar-refractivity contribution in [1.82, 2.24) is 0 Å². The molecule has 103 valence electrons. The van der Waals surface area contributed by atoms with Crippen LogP contribution in [0.4, 0.5) is 0 Å². The molecule has 0 aliphatic carbocycles. The zero-order valence-corrected chi connectivity index (χ0v) is 13.6. The minimum absolute atomic E-state index is 0.478. The third kappa shape index (κ3) is 2.80. The summed E-state index contributed by atoms with van der Waals surface area (Å²) in [6.45, 7) is 9.00. The Morgan fingerprint density at radius 2 is 1.45 bits per heavy atom. The predicted octanol–water partition coefficient (Wildman–Crippen LogP) is 5.06. The topological polar surface area (TPSA) is 9.23 Å². The molecule has 0 aromatic heterocycles. The Morgan fingerprint density at radius 1 is 0.800 bits per heavy atom. The molecule has 0 aliphatic heterocycles. The van der Waals surface area contributed by atoms with Crippen molar-refractivity contribution in [2.24, 2.45) is 0 Å². The van der Waals surface area contributed by atoms with E-state index in [2.05, 4.69) is 68.5 Å². The Labute approximate surface area is 125 Å². The van der Waals surface area contributed by atoms with E-state index in [1.807, 2.05) is 12.1 Å². The van der Waals surface area contributed by atoms with Gasteiger partial charge in [-0.2, -0.15) is 0 Å². The van der Waals surface area contributed by atoms with Gasteiger partial charge in [0.15, 0.2) is 0 Å². The highest BCUT2D eigenvalue weighted by molar-refractivity contribution is 6.00. The number of hydrogen-bond donors (Lipinski definition) is 0. The molecule has 0 unspecified atom stereocenters. The first kappa shape index (κ1) is 14.9. The molecule has 3 radical (unpaired) electrons. The third-order valence-corrected chi connectivity index (χ3v) is 3.85. The second kappa shape index (κ2) is 6.27. The first-order valence-corrected chi connectivity index (χ1v) is 7.52. The van der Waals surface area contributed by atoms with Gasteiger partial charge in [0.25, 0.3) is 0 Å². The van der Waals surface area contributed by atoms with Gasteiger partial charge in [-0.3, -0.25) is 0 Å². The van der Waals surface area contributed by atoms with Crippen LogP contribution in [-0.4, -0.2) is 10.5 Å². The highest BCUT2D eigenvalue weighted by Gasteiger charge is 2.17. The predicted molar refractivity (Wildman–Crippen MR) is 86.4 cm³/mol. The average molecular weight is 281 g/mol. The lowest BCUT2D eigenvalue weighted by molar-refractivity contribution is 0.618. The van der Waals surface area contributed by atoms with E-state index in [9.17, 15) is 0 Å². The van der Waals surface area contributed by atoms with E-state index in [0.717, 1.165) is 11.3 Å². The fourth-order valence-electron chi connectivity index (χ4n) is 2.74. The first-order valence-electron chi connectivity index (χ1n) is 7.12. The maximum Gasteiger partial charge on any atom is 0.341 e. The number of rotatable bonds is 4. The summed E-state index contributed by atoms with van der Waals surface area (Å²) in [7, 11) is 3.17. The Bertz CT molecular complexity index is 588. The van der Waals surface area contributed by atoms with E-state index in [-0.39, 0.29) is 0 Å². The van der Waals surface area contributed by atoms with Crippen molar-refractivity contribution >= 4 is 10.5 Å². The van der Waals surface area contributed by atoms with E-state index in [4.69, 9.17) is 4.43 Å². The van der Waals surface area contributed by atoms with Gasteiger partial charge in [0, 0.05) is 5.56 Å². The summed E-state index contributed by atoms with van der Waals surface area (Å²) in [5, 5.41) is 0. The lowest BCUT2D eigenvalue weighted by atomic mass is 9.84. The molecule has 2 aromatic rings. The molecule has 2 aromatic carbocycles. The van der Waals surface area contributed by atoms with Crippen LogP contribution < -0.4 is 4.43 Å². The van der Waals surface area contributed by atoms with Crippen molar-refractivity contribution in [1.29, 1.82) is 0 Å². The van der Waals surface area contributed by atoms with E-state index in [1.165, 1.54) is 16.7 Å². The summed E-state index contributed by atoms with van der Waals surface area (Å²) in [6, 6.07) is 14.7. The Morgan fingerprint density at radius 3 is 2.05 bits per heavy atom. The van der Waals surface area contributed by atoms with Crippen LogP contribution in [-0.2, 0) is 0 Å². The van der Waals surface area contributed by atoms with Crippen molar-refractivity contribution in [2.75, 3.05) is 0 Å². The smallest absolute Gasteiger partial charge is 0.341 e. The van der Waals surface area contributed by atoms with Crippen LogP contribution in [0.25, 0.3) is 11.1 Å². The first-order chi connectivity index (χ1) is 9.56. The van der Waals surface area contributed by atoms with Crippen LogP contribution in [0.5, 0.6) is 5.75 Å². The summed E-state index contributed by atoms with van der Waals surface area (Å²) in [5.74, 6) is 1.85. The molecular formula is C18H21OSi. The van der Waals surface area contributed by atoms with Crippen LogP contribution in [0.2, 0.25) is 0 Å². The number of para-hydroxylation sites is 1. The molecule has 2 heteroatoms. The van der Waals surface area contributed by atoms with Gasteiger partial charge in [-0.1, -0.05) is 64.1 Å². The monoisotopic (exact) mass is 281 g/mol. The molecule has 0 saturated carbocycles. The summed E-state index contributed by atoms with van der Waals surface area (Å²) in [6.07, 6.45) is 0. The second-order valence-electron chi connectivity index (χ2n) is 5.72. The molecule has 20 heavy (non-hydrogen) atoms. The molecule has 1 nitrogen and oxygen atoms in total. The summed E-state index contributed by atoms with van der Waals surface area (Å²) < 4.78 is 5.34. The molecule has 0 N–H and O–H groups in total. The molecule has 0 heterocycles. The maximum atomic E-state index is 5.34. The van der Waals surface area contributed by atoms with Gasteiger partial charge in [-0.15, -0.1) is 0 Å². The van der Waals surface area contributed by atoms with E-state index in [1.54, 1.807) is 0 Å². The van der Waals surface area contributed by atoms with Crippen molar-refractivity contribution in [3.8, 4) is 16.9 Å². The Kier molecular flexibility index (Phi) is 4.66. The average Bonchev–Trinajstić information content (AvgIpc) is 2.46. The lowest BCUT2D eigenvalue weighted by Crippen LogP contribution is -2.02. The van der Waals surface area contributed by atoms with E-state index >= 15 is 0 Å². The van der Waals surface area contributed by atoms with Crippen molar-refractivity contribution in [3.63, 3.8) is 0 Å². The highest BCUT2D eigenvalue weighted by Crippen LogP contribution is 2.38. The number of hydrogen-bond acceptors (Lipinski definition) is 1. The van der Waals surface area contributed by atoms with Crippen LogP contribution in [0.15, 0.2) is 42.5 Å². The normalized spacial score (nSPS) is 11.2. The van der Waals surface area contributed by atoms with E-state index in [0.29, 0.717) is 11.8 Å². The van der Waals surface area contributed by atoms with Gasteiger partial charge in [-0.05, 0) is 34.6 Å². The fraction of sp³-hybridized carbons (Fsp3) is 0.333.